The average molecular weight is 684 g/mol. The number of alkyl halides is 2. The zero-order valence-electron chi connectivity index (χ0n) is 17.2. The molecule has 1 aromatic rings. The van der Waals surface area contributed by atoms with Gasteiger partial charge in [-0.2, -0.15) is 0 Å². The van der Waals surface area contributed by atoms with Gasteiger partial charge in [0.1, 0.15) is 0 Å². The Kier molecular flexibility index (Phi) is 12.6. The molecule has 0 saturated carbocycles. The number of rotatable bonds is 5. The molecule has 8 heteroatoms. The van der Waals surface area contributed by atoms with Crippen molar-refractivity contribution in [2.24, 2.45) is 17.3 Å². The molecular formula is C20H28Cl2NO4Rf-. The monoisotopic (exact) mass is 683 g/mol. The molecule has 1 aliphatic rings. The van der Waals surface area contributed by atoms with Crippen molar-refractivity contribution < 1.29 is 19.1 Å². The van der Waals surface area contributed by atoms with E-state index < -0.39 is 23.2 Å². The van der Waals surface area contributed by atoms with Gasteiger partial charge in [-0.05, 0) is 39.0 Å². The first-order chi connectivity index (χ1) is 12.8. The van der Waals surface area contributed by atoms with Crippen LogP contribution in [0.2, 0.25) is 0 Å². The van der Waals surface area contributed by atoms with Crippen LogP contribution in [0.25, 0.3) is 0 Å². The number of amides is 2. The molecule has 0 N–H and O–H groups in total. The summed E-state index contributed by atoms with van der Waals surface area (Å²) < 4.78 is 4.97. The maximum Gasteiger partial charge on any atom is 0.308 e. The third kappa shape index (κ3) is 6.24. The van der Waals surface area contributed by atoms with E-state index >= 15 is 0 Å². The van der Waals surface area contributed by atoms with Crippen molar-refractivity contribution in [2.75, 3.05) is 24.3 Å². The summed E-state index contributed by atoms with van der Waals surface area (Å²) >= 11 is 9.28. The first-order valence-corrected chi connectivity index (χ1v) is 9.95. The number of halogens is 2. The summed E-state index contributed by atoms with van der Waals surface area (Å²) in [7, 11) is 0. The summed E-state index contributed by atoms with van der Waals surface area (Å²) in [5.41, 5.74) is -0.283. The van der Waals surface area contributed by atoms with Gasteiger partial charge in [0.05, 0.1) is 17.0 Å². The number of nitrogens with zero attached hydrogens (tertiary/aromatic N) is 1. The van der Waals surface area contributed by atoms with Gasteiger partial charge < -0.3 is 11.7 Å². The van der Waals surface area contributed by atoms with Crippen LogP contribution in [0.5, 0.6) is 0 Å². The molecule has 28 heavy (non-hydrogen) atoms. The normalized spacial score (nSPS) is 18.2. The molecule has 2 rings (SSSR count). The standard InChI is InChI=1S/C18H22NO4.2CH3Cl.Rf/c1-5-23-17(22)18(3,4)11-14-12(2)15(20)19(16(14)21)13-9-7-6-8-10-13;2*1-2;/h6-10,12,14H,1,5,11H2,2-4H3;2*1H3;/q-1;;;. The fourth-order valence-electron chi connectivity index (χ4n) is 2.88. The molecule has 154 valence electrons. The Labute approximate surface area is 172 Å². The van der Waals surface area contributed by atoms with E-state index in [0.29, 0.717) is 5.69 Å². The third-order valence-electron chi connectivity index (χ3n) is 4.28. The second-order valence-corrected chi connectivity index (χ2v) is 6.47. The average Bonchev–Trinajstić information content (AvgIpc) is 2.89. The zero-order chi connectivity index (χ0) is 21.2. The number of esters is 1. The molecule has 5 nitrogen and oxygen atoms in total. The first kappa shape index (κ1) is 27.6. The molecule has 2 atom stereocenters. The van der Waals surface area contributed by atoms with E-state index in [9.17, 15) is 14.4 Å². The van der Waals surface area contributed by atoms with Gasteiger partial charge in [-0.3, -0.25) is 19.3 Å². The predicted octanol–water partition coefficient (Wildman–Crippen LogP) is 4.32. The van der Waals surface area contributed by atoms with Crippen molar-refractivity contribution >= 4 is 46.7 Å². The molecule has 2 amide bonds. The minimum atomic E-state index is -0.848. The Morgan fingerprint density at radius 2 is 1.61 bits per heavy atom. The summed E-state index contributed by atoms with van der Waals surface area (Å²) in [6, 6.07) is 8.85. The molecule has 2 unspecified atom stereocenters. The molecular weight excluding hydrogens is 656 g/mol. The van der Waals surface area contributed by atoms with Gasteiger partial charge in [-0.25, -0.2) is 0 Å². The Bertz CT molecular complexity index is 626. The van der Waals surface area contributed by atoms with Crippen molar-refractivity contribution in [3.05, 3.63) is 37.3 Å². The van der Waals surface area contributed by atoms with E-state index in [2.05, 4.69) is 30.1 Å². The number of anilines is 1. The van der Waals surface area contributed by atoms with E-state index in [1.807, 2.05) is 6.07 Å². The number of ether oxygens (including phenoxy) is 1. The van der Waals surface area contributed by atoms with Crippen molar-refractivity contribution in [1.29, 1.82) is 0 Å². The van der Waals surface area contributed by atoms with Crippen LogP contribution in [-0.4, -0.2) is 37.2 Å². The van der Waals surface area contributed by atoms with Crippen molar-refractivity contribution in [3.8, 4) is 0 Å². The van der Waals surface area contributed by atoms with Crippen LogP contribution < -0.4 is 4.90 Å². The van der Waals surface area contributed by atoms with Crippen LogP contribution in [0.1, 0.15) is 27.2 Å². The van der Waals surface area contributed by atoms with E-state index in [4.69, 9.17) is 4.74 Å². The van der Waals surface area contributed by atoms with Crippen LogP contribution in [0, 0.1) is 24.2 Å². The number of hydrogen-bond acceptors (Lipinski definition) is 4. The van der Waals surface area contributed by atoms with E-state index in [1.54, 1.807) is 45.0 Å². The summed E-state index contributed by atoms with van der Waals surface area (Å²) in [4.78, 5) is 38.5. The number of imide groups is 1. The van der Waals surface area contributed by atoms with Crippen molar-refractivity contribution in [2.45, 2.75) is 27.2 Å². The van der Waals surface area contributed by atoms with Crippen LogP contribution in [0.15, 0.2) is 30.3 Å². The van der Waals surface area contributed by atoms with Gasteiger partial charge in [0.2, 0.25) is 11.8 Å². The van der Waals surface area contributed by atoms with Gasteiger partial charge in [0, 0.05) is 18.7 Å². The summed E-state index contributed by atoms with van der Waals surface area (Å²) in [5, 5.41) is 0. The van der Waals surface area contributed by atoms with Gasteiger partial charge in [0.25, 0.3) is 0 Å². The van der Waals surface area contributed by atoms with Crippen LogP contribution in [0.4, 0.5) is 5.69 Å². The van der Waals surface area contributed by atoms with Gasteiger partial charge >= 0.3 is 5.97 Å². The Morgan fingerprint density at radius 3 is 2.07 bits per heavy atom. The molecule has 0 spiro atoms. The second-order valence-electron chi connectivity index (χ2n) is 6.47. The fraction of sp³-hybridized carbons (Fsp3) is 0.500. The van der Waals surface area contributed by atoms with E-state index in [1.165, 1.54) is 17.7 Å². The topological polar surface area (TPSA) is 63.7 Å². The number of para-hydroxylation sites is 1. The van der Waals surface area contributed by atoms with Crippen LogP contribution in [0.3, 0.4) is 0 Å². The van der Waals surface area contributed by atoms with Crippen LogP contribution >= 0.6 is 23.2 Å². The van der Waals surface area contributed by atoms with Gasteiger partial charge in [-0.1, -0.05) is 25.1 Å². The zero-order valence-corrected chi connectivity index (χ0v) is 25.1. The molecule has 1 aromatic carbocycles. The molecule has 1 saturated heterocycles. The minimum Gasteiger partial charge on any atom is -0.498 e. The molecule has 1 aliphatic heterocycles. The summed E-state index contributed by atoms with van der Waals surface area (Å²) in [6.45, 7) is 8.72. The maximum absolute atomic E-state index is 12.7. The molecule has 0 aromatic heterocycles. The van der Waals surface area contributed by atoms with Gasteiger partial charge in [-0.15, -0.1) is 23.2 Å². The Hall–Kier alpha value is -2.59. The molecule has 1 heterocycles. The Morgan fingerprint density at radius 1 is 1.11 bits per heavy atom. The summed E-state index contributed by atoms with van der Waals surface area (Å²) in [6.07, 6.45) is 3.21. The second kappa shape index (κ2) is 12.7. The van der Waals surface area contributed by atoms with Gasteiger partial charge in [0.15, 0.2) is 0 Å². The van der Waals surface area contributed by atoms with Crippen molar-refractivity contribution in [3.63, 3.8) is 0 Å². The number of benzene rings is 1. The van der Waals surface area contributed by atoms with Crippen LogP contribution in [-0.2, 0) is 19.1 Å². The fourth-order valence-corrected chi connectivity index (χ4v) is 2.88. The van der Waals surface area contributed by atoms with Crippen molar-refractivity contribution in [1.82, 2.24) is 0 Å². The molecule has 0 aliphatic carbocycles. The summed E-state index contributed by atoms with van der Waals surface area (Å²) in [5.74, 6) is -1.89. The Balaban J connectivity index is 0. The smallest absolute Gasteiger partial charge is 0.308 e. The maximum atomic E-state index is 12.7. The quantitative estimate of drug-likeness (QED) is 0.201. The predicted molar refractivity (Wildman–Crippen MR) is 110 cm³/mol. The minimum absolute atomic E-state index is 0. The number of hydrogen-bond donors (Lipinski definition) is 0. The number of carbonyl (C=O) groups excluding carboxylic acids is 3. The SMILES string of the molecule is CCl.CCl.[CH2-]COC(=O)C(C)(C)CC1C(=O)N(c2ccccc2)C(=O)C1C.[Rf]. The van der Waals surface area contributed by atoms with E-state index in [0.717, 1.165) is 0 Å². The molecule has 1 fully saturated rings. The third-order valence-corrected chi connectivity index (χ3v) is 4.28. The van der Waals surface area contributed by atoms with E-state index in [-0.39, 0.29) is 24.8 Å². The molecule has 0 bridgehead atoms. The largest absolute Gasteiger partial charge is 0.498 e. The first-order valence-electron chi connectivity index (χ1n) is 8.44. The number of carbonyl (C=O) groups is 3. The molecule has 0 radical (unpaired) electrons.